The highest BCUT2D eigenvalue weighted by atomic mass is 16.5. The summed E-state index contributed by atoms with van der Waals surface area (Å²) < 4.78 is 8.07. The van der Waals surface area contributed by atoms with Gasteiger partial charge in [0.05, 0.1) is 23.8 Å². The van der Waals surface area contributed by atoms with E-state index in [4.69, 9.17) is 4.74 Å². The molecular weight excluding hydrogens is 633 g/mol. The third kappa shape index (κ3) is 4.20. The van der Waals surface area contributed by atoms with Gasteiger partial charge >= 0.3 is 0 Å². The van der Waals surface area contributed by atoms with E-state index in [0.717, 1.165) is 22.8 Å². The normalized spacial score (nSPS) is 14.6. The molecule has 0 N–H and O–H groups in total. The van der Waals surface area contributed by atoms with Crippen molar-refractivity contribution in [2.45, 2.75) is 38.5 Å². The van der Waals surface area contributed by atoms with Crippen molar-refractivity contribution >= 4 is 38.9 Å². The largest absolute Gasteiger partial charge is 0.497 e. The van der Waals surface area contributed by atoms with Crippen LogP contribution in [0.1, 0.15) is 49.9 Å². The van der Waals surface area contributed by atoms with Crippen LogP contribution in [0.3, 0.4) is 0 Å². The number of para-hydroxylation sites is 1. The molecule has 1 heterocycles. The standard InChI is InChI=1S/C49H40N2O/c1-48(2)40-16-9-6-13-35(40)37-27-23-32(29-42(37)48)50(31-21-25-34(52-5)26-22-31)45-19-12-20-46-47(45)39-15-8-11-18-44(39)51(46)33-24-28-38-36-14-7-10-17-41(36)49(3,4)43(38)30-33/h6-30H,1-5H3. The minimum absolute atomic E-state index is 0.0853. The Kier molecular flexibility index (Phi) is 6.48. The second-order valence-corrected chi connectivity index (χ2v) is 15.4. The Bertz CT molecular complexity index is 2730. The van der Waals surface area contributed by atoms with Crippen molar-refractivity contribution in [2.75, 3.05) is 12.0 Å². The lowest BCUT2D eigenvalue weighted by atomic mass is 9.82. The van der Waals surface area contributed by atoms with E-state index in [0.29, 0.717) is 0 Å². The van der Waals surface area contributed by atoms with Crippen molar-refractivity contribution in [3.05, 3.63) is 174 Å². The number of aromatic nitrogens is 1. The van der Waals surface area contributed by atoms with E-state index in [9.17, 15) is 0 Å². The van der Waals surface area contributed by atoms with E-state index in [1.807, 2.05) is 0 Å². The van der Waals surface area contributed by atoms with E-state index in [1.54, 1.807) is 7.11 Å². The van der Waals surface area contributed by atoms with Gasteiger partial charge in [0, 0.05) is 38.7 Å². The predicted molar refractivity (Wildman–Crippen MR) is 217 cm³/mol. The van der Waals surface area contributed by atoms with Crippen molar-refractivity contribution in [1.82, 2.24) is 4.57 Å². The predicted octanol–water partition coefficient (Wildman–Crippen LogP) is 12.9. The second kappa shape index (κ2) is 11.0. The van der Waals surface area contributed by atoms with Crippen molar-refractivity contribution in [3.63, 3.8) is 0 Å². The Labute approximate surface area is 305 Å². The van der Waals surface area contributed by atoms with Crippen LogP contribution in [0.2, 0.25) is 0 Å². The Morgan fingerprint density at radius 1 is 0.481 bits per heavy atom. The van der Waals surface area contributed by atoms with Crippen LogP contribution in [0.15, 0.2) is 152 Å². The van der Waals surface area contributed by atoms with Crippen molar-refractivity contribution < 1.29 is 4.74 Å². The van der Waals surface area contributed by atoms with Crippen LogP contribution in [0, 0.1) is 0 Å². The van der Waals surface area contributed by atoms with Gasteiger partial charge < -0.3 is 14.2 Å². The summed E-state index contributed by atoms with van der Waals surface area (Å²) in [5.74, 6) is 0.839. The molecule has 3 heteroatoms. The third-order valence-electron chi connectivity index (χ3n) is 11.9. The molecule has 52 heavy (non-hydrogen) atoms. The van der Waals surface area contributed by atoms with Gasteiger partial charge in [-0.25, -0.2) is 0 Å². The molecule has 0 bridgehead atoms. The van der Waals surface area contributed by atoms with Gasteiger partial charge in [-0.2, -0.15) is 0 Å². The lowest BCUT2D eigenvalue weighted by Crippen LogP contribution is -2.16. The number of fused-ring (bicyclic) bond motifs is 9. The van der Waals surface area contributed by atoms with Crippen LogP contribution in [0.25, 0.3) is 49.7 Å². The summed E-state index contributed by atoms with van der Waals surface area (Å²) in [5.41, 5.74) is 17.5. The summed E-state index contributed by atoms with van der Waals surface area (Å²) >= 11 is 0. The minimum Gasteiger partial charge on any atom is -0.497 e. The first-order valence-electron chi connectivity index (χ1n) is 18.2. The van der Waals surface area contributed by atoms with Gasteiger partial charge in [0.15, 0.2) is 0 Å². The molecule has 0 saturated carbocycles. The molecule has 0 saturated heterocycles. The van der Waals surface area contributed by atoms with Gasteiger partial charge in [0.2, 0.25) is 0 Å². The maximum atomic E-state index is 5.61. The summed E-state index contributed by atoms with van der Waals surface area (Å²) in [4.78, 5) is 2.43. The molecule has 0 spiro atoms. The summed E-state index contributed by atoms with van der Waals surface area (Å²) in [6.45, 7) is 9.41. The Hall–Kier alpha value is -6.06. The SMILES string of the molecule is COc1ccc(N(c2ccc3c(c2)C(C)(C)c2ccccc2-3)c2cccc3c2c2ccccc2n3-c2ccc3c(c2)C(C)(C)c2ccccc2-3)cc1. The topological polar surface area (TPSA) is 17.4 Å². The lowest BCUT2D eigenvalue weighted by molar-refractivity contribution is 0.415. The molecule has 0 atom stereocenters. The molecule has 10 rings (SSSR count). The maximum Gasteiger partial charge on any atom is 0.119 e. The number of hydrogen-bond acceptors (Lipinski definition) is 2. The van der Waals surface area contributed by atoms with Crippen LogP contribution in [0.5, 0.6) is 5.75 Å². The first-order valence-corrected chi connectivity index (χ1v) is 18.2. The van der Waals surface area contributed by atoms with Crippen LogP contribution < -0.4 is 9.64 Å². The van der Waals surface area contributed by atoms with Crippen LogP contribution in [0.4, 0.5) is 17.1 Å². The number of rotatable bonds is 5. The molecule has 7 aromatic carbocycles. The number of hydrogen-bond donors (Lipinski definition) is 0. The molecule has 2 aliphatic rings. The Morgan fingerprint density at radius 2 is 1.04 bits per heavy atom. The molecule has 2 aliphatic carbocycles. The Balaban J connectivity index is 1.21. The number of benzene rings is 7. The van der Waals surface area contributed by atoms with E-state index >= 15 is 0 Å². The van der Waals surface area contributed by atoms with Gasteiger partial charge in [0.25, 0.3) is 0 Å². The first-order chi connectivity index (χ1) is 25.3. The highest BCUT2D eigenvalue weighted by Gasteiger charge is 2.37. The van der Waals surface area contributed by atoms with Gasteiger partial charge in [-0.1, -0.05) is 113 Å². The first kappa shape index (κ1) is 30.7. The second-order valence-electron chi connectivity index (χ2n) is 15.4. The van der Waals surface area contributed by atoms with E-state index in [1.165, 1.54) is 72.0 Å². The number of anilines is 3. The number of nitrogens with zero attached hydrogens (tertiary/aromatic N) is 2. The fraction of sp³-hybridized carbons (Fsp3) is 0.143. The average Bonchev–Trinajstić information content (AvgIpc) is 3.72. The summed E-state index contributed by atoms with van der Waals surface area (Å²) in [6.07, 6.45) is 0. The van der Waals surface area contributed by atoms with E-state index in [-0.39, 0.29) is 10.8 Å². The molecule has 3 nitrogen and oxygen atoms in total. The van der Waals surface area contributed by atoms with E-state index < -0.39 is 0 Å². The molecule has 0 fully saturated rings. The van der Waals surface area contributed by atoms with Gasteiger partial charge in [-0.15, -0.1) is 0 Å². The quantitative estimate of drug-likeness (QED) is 0.181. The molecule has 0 unspecified atom stereocenters. The fourth-order valence-electron chi connectivity index (χ4n) is 9.29. The average molecular weight is 673 g/mol. The zero-order valence-corrected chi connectivity index (χ0v) is 30.2. The highest BCUT2D eigenvalue weighted by Crippen LogP contribution is 2.53. The minimum atomic E-state index is -0.115. The third-order valence-corrected chi connectivity index (χ3v) is 11.9. The molecule has 1 aromatic heterocycles. The van der Waals surface area contributed by atoms with Gasteiger partial charge in [0.1, 0.15) is 5.75 Å². The molecule has 8 aromatic rings. The molecule has 0 aliphatic heterocycles. The molecule has 0 radical (unpaired) electrons. The molecular formula is C49H40N2O. The van der Waals surface area contributed by atoms with Crippen molar-refractivity contribution in [3.8, 4) is 33.7 Å². The van der Waals surface area contributed by atoms with Crippen molar-refractivity contribution in [2.24, 2.45) is 0 Å². The summed E-state index contributed by atoms with van der Waals surface area (Å²) in [7, 11) is 1.72. The van der Waals surface area contributed by atoms with Crippen LogP contribution in [-0.2, 0) is 10.8 Å². The fourth-order valence-corrected chi connectivity index (χ4v) is 9.29. The monoisotopic (exact) mass is 672 g/mol. The maximum absolute atomic E-state index is 5.61. The number of methoxy groups -OCH3 is 1. The van der Waals surface area contributed by atoms with Crippen LogP contribution >= 0.6 is 0 Å². The highest BCUT2D eigenvalue weighted by molar-refractivity contribution is 6.16. The number of ether oxygens (including phenoxy) is 1. The van der Waals surface area contributed by atoms with Gasteiger partial charge in [-0.05, 0) is 111 Å². The molecule has 252 valence electrons. The van der Waals surface area contributed by atoms with Crippen molar-refractivity contribution in [1.29, 1.82) is 0 Å². The molecule has 0 amide bonds. The summed E-state index contributed by atoms with van der Waals surface area (Å²) in [5, 5.41) is 2.45. The van der Waals surface area contributed by atoms with Crippen LogP contribution in [-0.4, -0.2) is 11.7 Å². The Morgan fingerprint density at radius 3 is 1.73 bits per heavy atom. The zero-order valence-electron chi connectivity index (χ0n) is 30.2. The smallest absolute Gasteiger partial charge is 0.119 e. The lowest BCUT2D eigenvalue weighted by Gasteiger charge is -2.29. The van der Waals surface area contributed by atoms with E-state index in [2.05, 4.69) is 189 Å². The van der Waals surface area contributed by atoms with Gasteiger partial charge in [-0.3, -0.25) is 0 Å². The summed E-state index contributed by atoms with van der Waals surface area (Å²) in [6, 6.07) is 55.9. The zero-order chi connectivity index (χ0) is 35.4.